The first kappa shape index (κ1) is 15.0. The Balaban J connectivity index is 1.36. The smallest absolute Gasteiger partial charge is 0.261 e. The summed E-state index contributed by atoms with van der Waals surface area (Å²) in [5, 5.41) is 3.07. The summed E-state index contributed by atoms with van der Waals surface area (Å²) in [6, 6.07) is 2.10. The molecule has 1 aromatic heterocycles. The molecule has 1 aliphatic carbocycles. The Bertz CT molecular complexity index is 470. The average molecular weight is 307 g/mol. The Hall–Kier alpha value is -0.910. The van der Waals surface area contributed by atoms with E-state index in [0.717, 1.165) is 63.4 Å². The number of thiophene rings is 1. The lowest BCUT2D eigenvalue weighted by atomic mass is 10.2. The van der Waals surface area contributed by atoms with Gasteiger partial charge < -0.3 is 15.1 Å². The fraction of sp³-hybridized carbons (Fsp3) is 0.688. The average Bonchev–Trinajstić information content (AvgIpc) is 3.06. The van der Waals surface area contributed by atoms with Crippen LogP contribution in [0.4, 0.5) is 0 Å². The second-order valence-corrected chi connectivity index (χ2v) is 7.30. The summed E-state index contributed by atoms with van der Waals surface area (Å²) < 4.78 is 0. The molecular weight excluding hydrogens is 282 g/mol. The molecule has 0 saturated carbocycles. The highest BCUT2D eigenvalue weighted by molar-refractivity contribution is 7.14. The number of nitrogens with one attached hydrogen (secondary N) is 1. The predicted molar refractivity (Wildman–Crippen MR) is 87.2 cm³/mol. The first-order chi connectivity index (χ1) is 10.2. The van der Waals surface area contributed by atoms with Crippen LogP contribution in [-0.4, -0.2) is 62.0 Å². The minimum absolute atomic E-state index is 0.118. The van der Waals surface area contributed by atoms with Gasteiger partial charge >= 0.3 is 0 Å². The number of hydrogen-bond donors (Lipinski definition) is 1. The third-order valence-electron chi connectivity index (χ3n) is 4.50. The molecule has 1 fully saturated rings. The minimum atomic E-state index is 0.118. The number of nitrogens with zero attached hydrogens (tertiary/aromatic N) is 2. The fourth-order valence-corrected chi connectivity index (χ4v) is 4.27. The Labute approximate surface area is 131 Å². The molecule has 1 N–H and O–H groups in total. The largest absolute Gasteiger partial charge is 0.351 e. The van der Waals surface area contributed by atoms with E-state index in [-0.39, 0.29) is 5.91 Å². The Morgan fingerprint density at radius 1 is 1.29 bits per heavy atom. The lowest BCUT2D eigenvalue weighted by Gasteiger charge is -2.32. The number of fused-ring (bicyclic) bond motifs is 1. The standard InChI is InChI=1S/C16H25N3OS/c1-18-8-10-19(11-9-18)7-3-6-17-16(20)15-12-13-4-2-5-14(13)21-15/h12H,2-11H2,1H3,(H,17,20). The second-order valence-electron chi connectivity index (χ2n) is 6.17. The van der Waals surface area contributed by atoms with Crippen molar-refractivity contribution in [3.63, 3.8) is 0 Å². The van der Waals surface area contributed by atoms with Crippen LogP contribution in [0.15, 0.2) is 6.07 Å². The topological polar surface area (TPSA) is 35.6 Å². The van der Waals surface area contributed by atoms with Gasteiger partial charge in [0, 0.05) is 37.6 Å². The van der Waals surface area contributed by atoms with Crippen molar-refractivity contribution >= 4 is 17.2 Å². The van der Waals surface area contributed by atoms with E-state index < -0.39 is 0 Å². The molecule has 1 amide bonds. The number of aryl methyl sites for hydroxylation is 2. The van der Waals surface area contributed by atoms with E-state index in [1.807, 2.05) is 0 Å². The van der Waals surface area contributed by atoms with Crippen molar-refractivity contribution in [2.45, 2.75) is 25.7 Å². The van der Waals surface area contributed by atoms with E-state index in [9.17, 15) is 4.79 Å². The summed E-state index contributed by atoms with van der Waals surface area (Å²) in [5.41, 5.74) is 1.41. The minimum Gasteiger partial charge on any atom is -0.351 e. The molecule has 3 rings (SSSR count). The Morgan fingerprint density at radius 3 is 2.86 bits per heavy atom. The molecule has 5 heteroatoms. The van der Waals surface area contributed by atoms with Gasteiger partial charge in [-0.1, -0.05) is 0 Å². The predicted octanol–water partition coefficient (Wildman–Crippen LogP) is 1.60. The summed E-state index contributed by atoms with van der Waals surface area (Å²) in [4.78, 5) is 19.3. The lowest BCUT2D eigenvalue weighted by Crippen LogP contribution is -2.45. The molecule has 0 bridgehead atoms. The van der Waals surface area contributed by atoms with Crippen molar-refractivity contribution in [3.05, 3.63) is 21.4 Å². The normalized spacial score (nSPS) is 19.7. The number of likely N-dealkylation sites (N-methyl/N-ethyl adjacent to an activating group) is 1. The van der Waals surface area contributed by atoms with Gasteiger partial charge in [0.1, 0.15) is 0 Å². The fourth-order valence-electron chi connectivity index (χ4n) is 3.10. The van der Waals surface area contributed by atoms with E-state index in [0.29, 0.717) is 0 Å². The number of carbonyl (C=O) groups is 1. The van der Waals surface area contributed by atoms with Crippen LogP contribution in [0.2, 0.25) is 0 Å². The SMILES string of the molecule is CN1CCN(CCCNC(=O)c2cc3c(s2)CCC3)CC1. The molecule has 21 heavy (non-hydrogen) atoms. The Kier molecular flexibility index (Phi) is 4.93. The van der Waals surface area contributed by atoms with Crippen LogP contribution in [0, 0.1) is 0 Å². The third-order valence-corrected chi connectivity index (χ3v) is 5.74. The molecule has 0 aromatic carbocycles. The maximum Gasteiger partial charge on any atom is 0.261 e. The molecule has 2 aliphatic rings. The molecule has 0 atom stereocenters. The zero-order valence-corrected chi connectivity index (χ0v) is 13.7. The van der Waals surface area contributed by atoms with E-state index in [1.54, 1.807) is 11.3 Å². The zero-order chi connectivity index (χ0) is 14.7. The van der Waals surface area contributed by atoms with Crippen LogP contribution in [0.1, 0.15) is 33.0 Å². The highest BCUT2D eigenvalue weighted by atomic mass is 32.1. The Morgan fingerprint density at radius 2 is 2.10 bits per heavy atom. The highest BCUT2D eigenvalue weighted by Gasteiger charge is 2.18. The molecule has 0 unspecified atom stereocenters. The van der Waals surface area contributed by atoms with Gasteiger partial charge in [0.25, 0.3) is 5.91 Å². The number of piperazine rings is 1. The van der Waals surface area contributed by atoms with Gasteiger partial charge in [-0.05, 0) is 50.9 Å². The van der Waals surface area contributed by atoms with Crippen LogP contribution in [0.25, 0.3) is 0 Å². The number of amides is 1. The summed E-state index contributed by atoms with van der Waals surface area (Å²) >= 11 is 1.69. The molecule has 0 radical (unpaired) electrons. The molecular formula is C16H25N3OS. The van der Waals surface area contributed by atoms with Gasteiger partial charge in [-0.15, -0.1) is 11.3 Å². The first-order valence-corrected chi connectivity index (χ1v) is 8.85. The summed E-state index contributed by atoms with van der Waals surface area (Å²) in [7, 11) is 2.18. The molecule has 1 aromatic rings. The van der Waals surface area contributed by atoms with Gasteiger partial charge in [0.2, 0.25) is 0 Å². The molecule has 116 valence electrons. The van der Waals surface area contributed by atoms with Crippen molar-refractivity contribution in [1.82, 2.24) is 15.1 Å². The van der Waals surface area contributed by atoms with Gasteiger partial charge in [-0.25, -0.2) is 0 Å². The van der Waals surface area contributed by atoms with E-state index in [2.05, 4.69) is 28.2 Å². The zero-order valence-electron chi connectivity index (χ0n) is 12.9. The van der Waals surface area contributed by atoms with Gasteiger partial charge in [-0.3, -0.25) is 4.79 Å². The van der Waals surface area contributed by atoms with Gasteiger partial charge in [0.05, 0.1) is 4.88 Å². The van der Waals surface area contributed by atoms with E-state index in [1.165, 1.54) is 16.9 Å². The maximum atomic E-state index is 12.1. The van der Waals surface area contributed by atoms with Crippen molar-refractivity contribution in [2.24, 2.45) is 0 Å². The molecule has 4 nitrogen and oxygen atoms in total. The summed E-state index contributed by atoms with van der Waals surface area (Å²) in [5.74, 6) is 0.118. The highest BCUT2D eigenvalue weighted by Crippen LogP contribution is 2.30. The maximum absolute atomic E-state index is 12.1. The molecule has 2 heterocycles. The molecule has 1 saturated heterocycles. The summed E-state index contributed by atoms with van der Waals surface area (Å²) in [6.07, 6.45) is 4.62. The molecule has 0 spiro atoms. The summed E-state index contributed by atoms with van der Waals surface area (Å²) in [6.45, 7) is 6.51. The second kappa shape index (κ2) is 6.90. The lowest BCUT2D eigenvalue weighted by molar-refractivity contribution is 0.0953. The quantitative estimate of drug-likeness (QED) is 0.840. The van der Waals surface area contributed by atoms with Crippen molar-refractivity contribution < 1.29 is 4.79 Å². The molecule has 1 aliphatic heterocycles. The van der Waals surface area contributed by atoms with Crippen LogP contribution >= 0.6 is 11.3 Å². The van der Waals surface area contributed by atoms with Crippen molar-refractivity contribution in [3.8, 4) is 0 Å². The van der Waals surface area contributed by atoms with E-state index in [4.69, 9.17) is 0 Å². The number of rotatable bonds is 5. The van der Waals surface area contributed by atoms with Gasteiger partial charge in [0.15, 0.2) is 0 Å². The van der Waals surface area contributed by atoms with Crippen LogP contribution < -0.4 is 5.32 Å². The monoisotopic (exact) mass is 307 g/mol. The van der Waals surface area contributed by atoms with Crippen LogP contribution in [-0.2, 0) is 12.8 Å². The van der Waals surface area contributed by atoms with Gasteiger partial charge in [-0.2, -0.15) is 0 Å². The van der Waals surface area contributed by atoms with Crippen LogP contribution in [0.5, 0.6) is 0 Å². The van der Waals surface area contributed by atoms with E-state index >= 15 is 0 Å². The first-order valence-electron chi connectivity index (χ1n) is 8.03. The number of carbonyl (C=O) groups excluding carboxylic acids is 1. The number of hydrogen-bond acceptors (Lipinski definition) is 4. The van der Waals surface area contributed by atoms with Crippen molar-refractivity contribution in [1.29, 1.82) is 0 Å². The van der Waals surface area contributed by atoms with Crippen LogP contribution in [0.3, 0.4) is 0 Å². The third kappa shape index (κ3) is 3.84. The van der Waals surface area contributed by atoms with Crippen molar-refractivity contribution in [2.75, 3.05) is 46.3 Å².